The van der Waals surface area contributed by atoms with Crippen molar-refractivity contribution in [2.45, 2.75) is 19.4 Å². The fraction of sp³-hybridized carbons (Fsp3) is 0.588. The fourth-order valence-electron chi connectivity index (χ4n) is 2.83. The molecule has 24 heavy (non-hydrogen) atoms. The van der Waals surface area contributed by atoms with Crippen molar-refractivity contribution in [3.63, 3.8) is 0 Å². The minimum Gasteiger partial charge on any atom is -0.496 e. The molecule has 1 aliphatic heterocycles. The number of para-hydroxylation sites is 1. The van der Waals surface area contributed by atoms with Gasteiger partial charge in [0.1, 0.15) is 5.75 Å². The number of halogens is 1. The van der Waals surface area contributed by atoms with Gasteiger partial charge in [-0.2, -0.15) is 0 Å². The maximum Gasteiger partial charge on any atom is 0.191 e. The first-order valence-electron chi connectivity index (χ1n) is 7.98. The van der Waals surface area contributed by atoms with Gasteiger partial charge >= 0.3 is 0 Å². The summed E-state index contributed by atoms with van der Waals surface area (Å²) in [5.74, 6) is 1.59. The molecule has 0 spiro atoms. The monoisotopic (exact) mass is 449 g/mol. The summed E-state index contributed by atoms with van der Waals surface area (Å²) >= 11 is 0. The number of benzene rings is 1. The highest BCUT2D eigenvalue weighted by atomic mass is 127. The zero-order valence-electron chi connectivity index (χ0n) is 14.4. The number of methoxy groups -OCH3 is 1. The van der Waals surface area contributed by atoms with Gasteiger partial charge in [0, 0.05) is 44.3 Å². The number of aliphatic imine (C=N–C) groups is 1. The lowest BCUT2D eigenvalue weighted by atomic mass is 9.84. The maximum atomic E-state index is 9.28. The first kappa shape index (κ1) is 21.0. The van der Waals surface area contributed by atoms with Crippen LogP contribution in [0, 0.1) is 5.41 Å². The molecule has 1 heterocycles. The summed E-state index contributed by atoms with van der Waals surface area (Å²) in [5.41, 5.74) is 1.07. The molecule has 1 aromatic carbocycles. The van der Waals surface area contributed by atoms with Crippen molar-refractivity contribution in [3.8, 4) is 5.75 Å². The molecule has 3 N–H and O–H groups in total. The molecule has 0 bridgehead atoms. The molecule has 1 unspecified atom stereocenters. The first-order chi connectivity index (χ1) is 11.2. The number of aliphatic hydroxyl groups excluding tert-OH is 1. The van der Waals surface area contributed by atoms with E-state index in [9.17, 15) is 5.11 Å². The Bertz CT molecular complexity index is 520. The molecule has 6 nitrogen and oxygen atoms in total. The Morgan fingerprint density at radius 2 is 2.17 bits per heavy atom. The van der Waals surface area contributed by atoms with Crippen LogP contribution in [0.15, 0.2) is 29.3 Å². The summed E-state index contributed by atoms with van der Waals surface area (Å²) in [6.07, 6.45) is 1.70. The predicted octanol–water partition coefficient (Wildman–Crippen LogP) is 1.77. The van der Waals surface area contributed by atoms with Gasteiger partial charge in [-0.1, -0.05) is 18.2 Å². The minimum atomic E-state index is -0.00317. The zero-order chi connectivity index (χ0) is 16.5. The average Bonchev–Trinajstić information content (AvgIpc) is 3.04. The number of hydrogen-bond acceptors (Lipinski definition) is 4. The maximum absolute atomic E-state index is 9.28. The number of guanidine groups is 1. The fourth-order valence-corrected chi connectivity index (χ4v) is 2.83. The van der Waals surface area contributed by atoms with Crippen molar-refractivity contribution in [3.05, 3.63) is 29.8 Å². The van der Waals surface area contributed by atoms with Crippen molar-refractivity contribution >= 4 is 29.9 Å². The van der Waals surface area contributed by atoms with E-state index in [4.69, 9.17) is 9.47 Å². The Kier molecular flexibility index (Phi) is 9.38. The van der Waals surface area contributed by atoms with Crippen LogP contribution in [-0.4, -0.2) is 51.6 Å². The van der Waals surface area contributed by atoms with E-state index in [2.05, 4.69) is 15.6 Å². The topological polar surface area (TPSA) is 75.1 Å². The molecule has 0 saturated carbocycles. The molecular formula is C17H28IN3O3. The van der Waals surface area contributed by atoms with Gasteiger partial charge in [-0.15, -0.1) is 24.0 Å². The van der Waals surface area contributed by atoms with E-state index < -0.39 is 0 Å². The first-order valence-corrected chi connectivity index (χ1v) is 7.98. The molecule has 2 rings (SSSR count). The van der Waals surface area contributed by atoms with Crippen LogP contribution in [0.4, 0.5) is 0 Å². The highest BCUT2D eigenvalue weighted by Gasteiger charge is 2.34. The van der Waals surface area contributed by atoms with Crippen molar-refractivity contribution in [1.82, 2.24) is 10.6 Å². The predicted molar refractivity (Wildman–Crippen MR) is 106 cm³/mol. The largest absolute Gasteiger partial charge is 0.496 e. The number of ether oxygens (including phenoxy) is 2. The molecule has 1 saturated heterocycles. The lowest BCUT2D eigenvalue weighted by molar-refractivity contribution is 0.127. The third-order valence-corrected chi connectivity index (χ3v) is 4.32. The molecular weight excluding hydrogens is 421 g/mol. The summed E-state index contributed by atoms with van der Waals surface area (Å²) in [5, 5.41) is 15.9. The highest BCUT2D eigenvalue weighted by molar-refractivity contribution is 14.0. The second-order valence-electron chi connectivity index (χ2n) is 5.87. The van der Waals surface area contributed by atoms with Crippen LogP contribution in [0.25, 0.3) is 0 Å². The average molecular weight is 449 g/mol. The number of aliphatic hydroxyl groups is 1. The number of hydrogen-bond donors (Lipinski definition) is 3. The van der Waals surface area contributed by atoms with Gasteiger partial charge in [-0.3, -0.25) is 4.99 Å². The van der Waals surface area contributed by atoms with Crippen molar-refractivity contribution in [2.75, 3.05) is 40.5 Å². The molecule has 1 fully saturated rings. The van der Waals surface area contributed by atoms with Crippen molar-refractivity contribution < 1.29 is 14.6 Å². The number of nitrogens with one attached hydrogen (secondary N) is 2. The second-order valence-corrected chi connectivity index (χ2v) is 5.87. The third kappa shape index (κ3) is 5.78. The summed E-state index contributed by atoms with van der Waals surface area (Å²) < 4.78 is 10.9. The lowest BCUT2D eigenvalue weighted by Gasteiger charge is -2.27. The van der Waals surface area contributed by atoms with E-state index in [1.165, 1.54) is 0 Å². The van der Waals surface area contributed by atoms with E-state index in [0.29, 0.717) is 13.2 Å². The van der Waals surface area contributed by atoms with Gasteiger partial charge in [-0.05, 0) is 18.9 Å². The van der Waals surface area contributed by atoms with Crippen molar-refractivity contribution in [2.24, 2.45) is 10.4 Å². The molecule has 1 aromatic rings. The van der Waals surface area contributed by atoms with E-state index in [1.807, 2.05) is 24.3 Å². The molecule has 0 radical (unpaired) electrons. The van der Waals surface area contributed by atoms with Crippen molar-refractivity contribution in [1.29, 1.82) is 0 Å². The highest BCUT2D eigenvalue weighted by Crippen LogP contribution is 2.31. The van der Waals surface area contributed by atoms with Crippen LogP contribution in [0.5, 0.6) is 5.75 Å². The van der Waals surface area contributed by atoms with Crippen LogP contribution in [0.2, 0.25) is 0 Å². The van der Waals surface area contributed by atoms with Gasteiger partial charge in [0.05, 0.1) is 13.7 Å². The Labute approximate surface area is 161 Å². The smallest absolute Gasteiger partial charge is 0.191 e. The summed E-state index contributed by atoms with van der Waals surface area (Å²) in [4.78, 5) is 4.26. The molecule has 1 atom stereocenters. The van der Waals surface area contributed by atoms with Crippen LogP contribution >= 0.6 is 24.0 Å². The van der Waals surface area contributed by atoms with Crippen LogP contribution in [-0.2, 0) is 11.3 Å². The SMILES string of the molecule is CN=C(NCc1ccccc1OC)NCC1(CCO)CCOC1.I. The van der Waals surface area contributed by atoms with Gasteiger partial charge in [0.25, 0.3) is 0 Å². The molecule has 0 amide bonds. The van der Waals surface area contributed by atoms with E-state index in [1.54, 1.807) is 14.2 Å². The van der Waals surface area contributed by atoms with E-state index in [-0.39, 0.29) is 36.0 Å². The number of rotatable bonds is 7. The Hall–Kier alpha value is -1.06. The van der Waals surface area contributed by atoms with Gasteiger partial charge in [0.15, 0.2) is 5.96 Å². The van der Waals surface area contributed by atoms with Crippen LogP contribution in [0.3, 0.4) is 0 Å². The summed E-state index contributed by atoms with van der Waals surface area (Å²) in [7, 11) is 3.42. The molecule has 0 aromatic heterocycles. The quantitative estimate of drug-likeness (QED) is 0.336. The second kappa shape index (κ2) is 10.7. The normalized spacial score (nSPS) is 20.4. The Morgan fingerprint density at radius 1 is 1.38 bits per heavy atom. The minimum absolute atomic E-state index is 0. The van der Waals surface area contributed by atoms with Gasteiger partial charge < -0.3 is 25.2 Å². The molecule has 1 aliphatic rings. The summed E-state index contributed by atoms with van der Waals surface area (Å²) in [6.45, 7) is 2.99. The summed E-state index contributed by atoms with van der Waals surface area (Å²) in [6, 6.07) is 7.91. The molecule has 7 heteroatoms. The van der Waals surface area contributed by atoms with Crippen LogP contribution in [0.1, 0.15) is 18.4 Å². The lowest BCUT2D eigenvalue weighted by Crippen LogP contribution is -2.44. The van der Waals surface area contributed by atoms with Crippen LogP contribution < -0.4 is 15.4 Å². The zero-order valence-corrected chi connectivity index (χ0v) is 16.7. The molecule has 136 valence electrons. The van der Waals surface area contributed by atoms with E-state index in [0.717, 1.165) is 43.3 Å². The Balaban J connectivity index is 0.00000288. The van der Waals surface area contributed by atoms with E-state index >= 15 is 0 Å². The standard InChI is InChI=1S/C17H27N3O3.HI/c1-18-16(19-11-14-5-3-4-6-15(14)22-2)20-12-17(7-9-21)8-10-23-13-17;/h3-6,21H,7-13H2,1-2H3,(H2,18,19,20);1H. The third-order valence-electron chi connectivity index (χ3n) is 4.32. The number of nitrogens with zero attached hydrogens (tertiary/aromatic N) is 1. The van der Waals surface area contributed by atoms with Gasteiger partial charge in [0.2, 0.25) is 0 Å². The molecule has 0 aliphatic carbocycles. The Morgan fingerprint density at radius 3 is 2.79 bits per heavy atom. The van der Waals surface area contributed by atoms with Gasteiger partial charge in [-0.25, -0.2) is 0 Å².